The molecule has 0 atom stereocenters. The Morgan fingerprint density at radius 2 is 1.84 bits per heavy atom. The SMILES string of the molecule is O=C(c1cc2ccc(OCc3ccccc3)cc2[nH]1)N1CCNCC1. The van der Waals surface area contributed by atoms with Crippen LogP contribution in [0, 0.1) is 0 Å². The third-order valence-electron chi connectivity index (χ3n) is 4.48. The number of carbonyl (C=O) groups is 1. The minimum atomic E-state index is 0.0597. The number of nitrogens with zero attached hydrogens (tertiary/aromatic N) is 1. The molecule has 1 fully saturated rings. The van der Waals surface area contributed by atoms with Crippen LogP contribution >= 0.6 is 0 Å². The van der Waals surface area contributed by atoms with E-state index < -0.39 is 0 Å². The number of carbonyl (C=O) groups excluding carboxylic acids is 1. The minimum absolute atomic E-state index is 0.0597. The van der Waals surface area contributed by atoms with E-state index in [0.29, 0.717) is 12.3 Å². The fraction of sp³-hybridized carbons (Fsp3) is 0.250. The van der Waals surface area contributed by atoms with Gasteiger partial charge in [-0.25, -0.2) is 0 Å². The van der Waals surface area contributed by atoms with Gasteiger partial charge in [0, 0.05) is 43.1 Å². The van der Waals surface area contributed by atoms with E-state index in [1.807, 2.05) is 59.5 Å². The standard InChI is InChI=1S/C20H21N3O2/c24-20(23-10-8-21-9-11-23)19-12-16-6-7-17(13-18(16)22-19)25-14-15-4-2-1-3-5-15/h1-7,12-13,21-22H,8-11,14H2. The molecule has 0 bridgehead atoms. The van der Waals surface area contributed by atoms with E-state index >= 15 is 0 Å². The highest BCUT2D eigenvalue weighted by Crippen LogP contribution is 2.23. The molecule has 0 aliphatic carbocycles. The van der Waals surface area contributed by atoms with Crippen LogP contribution in [0.25, 0.3) is 10.9 Å². The zero-order chi connectivity index (χ0) is 17.1. The molecule has 2 aromatic carbocycles. The minimum Gasteiger partial charge on any atom is -0.489 e. The summed E-state index contributed by atoms with van der Waals surface area (Å²) >= 11 is 0. The smallest absolute Gasteiger partial charge is 0.270 e. The normalized spacial score (nSPS) is 14.6. The largest absolute Gasteiger partial charge is 0.489 e. The lowest BCUT2D eigenvalue weighted by Gasteiger charge is -2.26. The number of nitrogens with one attached hydrogen (secondary N) is 2. The molecule has 1 saturated heterocycles. The van der Waals surface area contributed by atoms with Gasteiger partial charge in [-0.05, 0) is 23.8 Å². The van der Waals surface area contributed by atoms with Gasteiger partial charge < -0.3 is 19.9 Å². The number of hydrogen-bond acceptors (Lipinski definition) is 3. The van der Waals surface area contributed by atoms with Crippen molar-refractivity contribution in [2.24, 2.45) is 0 Å². The van der Waals surface area contributed by atoms with E-state index in [0.717, 1.165) is 48.4 Å². The molecule has 0 saturated carbocycles. The summed E-state index contributed by atoms with van der Waals surface area (Å²) in [6, 6.07) is 17.9. The number of hydrogen-bond donors (Lipinski definition) is 2. The lowest BCUT2D eigenvalue weighted by molar-refractivity contribution is 0.0731. The number of ether oxygens (including phenoxy) is 1. The summed E-state index contributed by atoms with van der Waals surface area (Å²) in [6.45, 7) is 3.73. The Morgan fingerprint density at radius 3 is 2.64 bits per heavy atom. The molecule has 1 aliphatic heterocycles. The number of benzene rings is 2. The van der Waals surface area contributed by atoms with E-state index in [4.69, 9.17) is 4.74 Å². The fourth-order valence-electron chi connectivity index (χ4n) is 3.09. The van der Waals surface area contributed by atoms with Crippen molar-refractivity contribution in [1.29, 1.82) is 0 Å². The molecule has 1 aliphatic rings. The van der Waals surface area contributed by atoms with Gasteiger partial charge in [0.2, 0.25) is 0 Å². The first-order valence-electron chi connectivity index (χ1n) is 8.59. The molecule has 5 nitrogen and oxygen atoms in total. The molecule has 2 heterocycles. The number of aromatic amines is 1. The fourth-order valence-corrected chi connectivity index (χ4v) is 3.09. The molecule has 0 spiro atoms. The molecule has 128 valence electrons. The number of H-pyrrole nitrogens is 1. The molecule has 3 aromatic rings. The van der Waals surface area contributed by atoms with E-state index in [1.165, 1.54) is 0 Å². The molecule has 1 amide bonds. The van der Waals surface area contributed by atoms with Crippen molar-refractivity contribution in [2.45, 2.75) is 6.61 Å². The highest BCUT2D eigenvalue weighted by molar-refractivity contribution is 5.98. The van der Waals surface area contributed by atoms with Crippen LogP contribution in [0.1, 0.15) is 16.1 Å². The first-order valence-corrected chi connectivity index (χ1v) is 8.59. The van der Waals surface area contributed by atoms with Gasteiger partial charge in [-0.15, -0.1) is 0 Å². The van der Waals surface area contributed by atoms with Gasteiger partial charge >= 0.3 is 0 Å². The Hall–Kier alpha value is -2.79. The van der Waals surface area contributed by atoms with Crippen molar-refractivity contribution in [3.63, 3.8) is 0 Å². The summed E-state index contributed by atoms with van der Waals surface area (Å²) in [7, 11) is 0. The van der Waals surface area contributed by atoms with Crippen LogP contribution in [-0.4, -0.2) is 42.0 Å². The van der Waals surface area contributed by atoms with Crippen LogP contribution in [-0.2, 0) is 6.61 Å². The predicted octanol–water partition coefficient (Wildman–Crippen LogP) is 2.79. The topological polar surface area (TPSA) is 57.4 Å². The number of aromatic nitrogens is 1. The summed E-state index contributed by atoms with van der Waals surface area (Å²) < 4.78 is 5.86. The average Bonchev–Trinajstić information content (AvgIpc) is 3.10. The van der Waals surface area contributed by atoms with E-state index in [1.54, 1.807) is 0 Å². The van der Waals surface area contributed by atoms with Crippen LogP contribution in [0.5, 0.6) is 5.75 Å². The predicted molar refractivity (Wildman–Crippen MR) is 97.8 cm³/mol. The molecule has 0 radical (unpaired) electrons. The van der Waals surface area contributed by atoms with Crippen LogP contribution in [0.4, 0.5) is 0 Å². The van der Waals surface area contributed by atoms with E-state index in [-0.39, 0.29) is 5.91 Å². The second-order valence-electron chi connectivity index (χ2n) is 6.25. The molecular weight excluding hydrogens is 314 g/mol. The maximum absolute atomic E-state index is 12.6. The van der Waals surface area contributed by atoms with Crippen LogP contribution < -0.4 is 10.1 Å². The number of amides is 1. The monoisotopic (exact) mass is 335 g/mol. The molecular formula is C20H21N3O2. The van der Waals surface area contributed by atoms with Crippen molar-refractivity contribution in [2.75, 3.05) is 26.2 Å². The van der Waals surface area contributed by atoms with Gasteiger partial charge in [0.15, 0.2) is 0 Å². The number of piperazine rings is 1. The lowest BCUT2D eigenvalue weighted by atomic mass is 10.2. The van der Waals surface area contributed by atoms with Crippen LogP contribution in [0.3, 0.4) is 0 Å². The summed E-state index contributed by atoms with van der Waals surface area (Å²) in [5.74, 6) is 0.851. The lowest BCUT2D eigenvalue weighted by Crippen LogP contribution is -2.46. The maximum atomic E-state index is 12.6. The number of fused-ring (bicyclic) bond motifs is 1. The highest BCUT2D eigenvalue weighted by Gasteiger charge is 2.19. The summed E-state index contributed by atoms with van der Waals surface area (Å²) in [6.07, 6.45) is 0. The van der Waals surface area contributed by atoms with Gasteiger partial charge in [-0.1, -0.05) is 30.3 Å². The Balaban J connectivity index is 1.50. The quantitative estimate of drug-likeness (QED) is 0.771. The van der Waals surface area contributed by atoms with Gasteiger partial charge in [0.25, 0.3) is 5.91 Å². The zero-order valence-electron chi connectivity index (χ0n) is 14.0. The van der Waals surface area contributed by atoms with Crippen LogP contribution in [0.2, 0.25) is 0 Å². The summed E-state index contributed by atoms with van der Waals surface area (Å²) in [4.78, 5) is 17.7. The zero-order valence-corrected chi connectivity index (χ0v) is 14.0. The maximum Gasteiger partial charge on any atom is 0.270 e. The van der Waals surface area contributed by atoms with Gasteiger partial charge in [0.1, 0.15) is 18.1 Å². The van der Waals surface area contributed by atoms with Crippen molar-refractivity contribution >= 4 is 16.8 Å². The third kappa shape index (κ3) is 3.51. The molecule has 5 heteroatoms. The Morgan fingerprint density at radius 1 is 1.04 bits per heavy atom. The van der Waals surface area contributed by atoms with Crippen molar-refractivity contribution in [3.05, 3.63) is 65.9 Å². The van der Waals surface area contributed by atoms with Gasteiger partial charge in [-0.2, -0.15) is 0 Å². The van der Waals surface area contributed by atoms with Gasteiger partial charge in [0.05, 0.1) is 0 Å². The van der Waals surface area contributed by atoms with Gasteiger partial charge in [-0.3, -0.25) is 4.79 Å². The average molecular weight is 335 g/mol. The second-order valence-corrected chi connectivity index (χ2v) is 6.25. The van der Waals surface area contributed by atoms with E-state index in [9.17, 15) is 4.79 Å². The first kappa shape index (κ1) is 15.7. The van der Waals surface area contributed by atoms with Crippen LogP contribution in [0.15, 0.2) is 54.6 Å². The summed E-state index contributed by atoms with van der Waals surface area (Å²) in [5.41, 5.74) is 2.69. The molecule has 0 unspecified atom stereocenters. The molecule has 2 N–H and O–H groups in total. The Labute approximate surface area is 146 Å². The Kier molecular flexibility index (Phi) is 4.39. The second kappa shape index (κ2) is 6.99. The van der Waals surface area contributed by atoms with Crippen molar-refractivity contribution < 1.29 is 9.53 Å². The highest BCUT2D eigenvalue weighted by atomic mass is 16.5. The Bertz CT molecular complexity index is 867. The van der Waals surface area contributed by atoms with E-state index in [2.05, 4.69) is 10.3 Å². The van der Waals surface area contributed by atoms with Crippen molar-refractivity contribution in [3.8, 4) is 5.75 Å². The third-order valence-corrected chi connectivity index (χ3v) is 4.48. The van der Waals surface area contributed by atoms with Crippen molar-refractivity contribution in [1.82, 2.24) is 15.2 Å². The molecule has 25 heavy (non-hydrogen) atoms. The first-order chi connectivity index (χ1) is 12.3. The summed E-state index contributed by atoms with van der Waals surface area (Å²) in [5, 5.41) is 4.28. The number of rotatable bonds is 4. The molecule has 4 rings (SSSR count). The molecule has 1 aromatic heterocycles.